The van der Waals surface area contributed by atoms with Gasteiger partial charge in [0.15, 0.2) is 12.2 Å². The molecular weight excluding hydrogens is 332 g/mol. The number of oxazole rings is 1. The molecule has 0 bridgehead atoms. The van der Waals surface area contributed by atoms with Crippen LogP contribution in [0.3, 0.4) is 0 Å². The minimum absolute atomic E-state index is 0.0410. The Labute approximate surface area is 150 Å². The predicted octanol–water partition coefficient (Wildman–Crippen LogP) is 4.27. The van der Waals surface area contributed by atoms with Gasteiger partial charge >= 0.3 is 5.97 Å². The summed E-state index contributed by atoms with van der Waals surface area (Å²) in [6, 6.07) is 12.1. The molecule has 0 atom stereocenters. The van der Waals surface area contributed by atoms with Crippen LogP contribution in [-0.4, -0.2) is 16.1 Å². The molecule has 1 N–H and O–H groups in total. The summed E-state index contributed by atoms with van der Waals surface area (Å²) in [4.78, 5) is 15.3. The second kappa shape index (κ2) is 6.52. The molecule has 1 heterocycles. The van der Waals surface area contributed by atoms with Crippen molar-refractivity contribution < 1.29 is 19.1 Å². The highest BCUT2D eigenvalue weighted by Crippen LogP contribution is 2.29. The molecule has 2 aromatic carbocycles. The Morgan fingerprint density at radius 1 is 1.27 bits per heavy atom. The summed E-state index contributed by atoms with van der Waals surface area (Å²) in [5.41, 5.74) is 2.48. The summed E-state index contributed by atoms with van der Waals surface area (Å²) in [6.07, 6.45) is 0. The first-order valence-electron chi connectivity index (χ1n) is 8.08. The van der Waals surface area contributed by atoms with E-state index in [-0.39, 0.29) is 17.6 Å². The summed E-state index contributed by atoms with van der Waals surface area (Å²) >= 11 is 0. The fourth-order valence-corrected chi connectivity index (χ4v) is 2.51. The van der Waals surface area contributed by atoms with Gasteiger partial charge in [-0.1, -0.05) is 26.8 Å². The topological polar surface area (TPSA) is 96.3 Å². The molecule has 0 unspecified atom stereocenters. The average Bonchev–Trinajstić information content (AvgIpc) is 3.00. The molecule has 132 valence electrons. The number of carboxylic acids is 1. The van der Waals surface area contributed by atoms with E-state index in [0.29, 0.717) is 28.3 Å². The molecule has 26 heavy (non-hydrogen) atoms. The first kappa shape index (κ1) is 17.5. The Kier molecular flexibility index (Phi) is 4.39. The number of aromatic carboxylic acids is 1. The number of rotatable bonds is 4. The van der Waals surface area contributed by atoms with E-state index in [2.05, 4.69) is 31.8 Å². The molecule has 0 radical (unpaired) electrons. The van der Waals surface area contributed by atoms with E-state index in [4.69, 9.17) is 14.3 Å². The molecule has 0 spiro atoms. The maximum absolute atomic E-state index is 11.0. The molecule has 0 saturated heterocycles. The molecule has 6 nitrogen and oxygen atoms in total. The number of hydrogen-bond acceptors (Lipinski definition) is 5. The SMILES string of the molecule is CC(C)(C)c1ccc(C#N)c(OCc2nc3ccc(C(=O)O)cc3o2)c1. The van der Waals surface area contributed by atoms with Crippen LogP contribution in [0, 0.1) is 11.3 Å². The molecule has 0 aliphatic rings. The lowest BCUT2D eigenvalue weighted by molar-refractivity contribution is 0.0697. The lowest BCUT2D eigenvalue weighted by Gasteiger charge is -2.20. The Balaban J connectivity index is 1.85. The van der Waals surface area contributed by atoms with Gasteiger partial charge in [-0.2, -0.15) is 5.26 Å². The zero-order valence-corrected chi connectivity index (χ0v) is 14.7. The van der Waals surface area contributed by atoms with E-state index >= 15 is 0 Å². The fourth-order valence-electron chi connectivity index (χ4n) is 2.51. The van der Waals surface area contributed by atoms with Crippen LogP contribution in [0.5, 0.6) is 5.75 Å². The lowest BCUT2D eigenvalue weighted by Crippen LogP contribution is -2.11. The van der Waals surface area contributed by atoms with E-state index in [1.54, 1.807) is 12.1 Å². The minimum atomic E-state index is -1.03. The van der Waals surface area contributed by atoms with E-state index < -0.39 is 5.97 Å². The molecule has 1 aromatic heterocycles. The number of hydrogen-bond donors (Lipinski definition) is 1. The van der Waals surface area contributed by atoms with E-state index in [9.17, 15) is 10.1 Å². The molecule has 3 aromatic rings. The minimum Gasteiger partial charge on any atom is -0.482 e. The van der Waals surface area contributed by atoms with Crippen LogP contribution in [0.4, 0.5) is 0 Å². The highest BCUT2D eigenvalue weighted by atomic mass is 16.5. The third-order valence-electron chi connectivity index (χ3n) is 4.00. The number of benzene rings is 2. The van der Waals surface area contributed by atoms with E-state index in [0.717, 1.165) is 5.56 Å². The lowest BCUT2D eigenvalue weighted by atomic mass is 9.86. The Morgan fingerprint density at radius 3 is 2.69 bits per heavy atom. The number of fused-ring (bicyclic) bond motifs is 1. The number of nitrogens with zero attached hydrogens (tertiary/aromatic N) is 2. The van der Waals surface area contributed by atoms with E-state index in [1.807, 2.05) is 12.1 Å². The van der Waals surface area contributed by atoms with Crippen molar-refractivity contribution in [3.05, 3.63) is 59.0 Å². The summed E-state index contributed by atoms with van der Waals surface area (Å²) < 4.78 is 11.3. The van der Waals surface area contributed by atoms with Crippen molar-refractivity contribution in [3.63, 3.8) is 0 Å². The van der Waals surface area contributed by atoms with Crippen molar-refractivity contribution in [2.45, 2.75) is 32.8 Å². The first-order valence-corrected chi connectivity index (χ1v) is 8.08. The number of carboxylic acid groups (broad SMARTS) is 1. The number of carbonyl (C=O) groups is 1. The summed E-state index contributed by atoms with van der Waals surface area (Å²) in [7, 11) is 0. The number of aromatic nitrogens is 1. The quantitative estimate of drug-likeness (QED) is 0.754. The third-order valence-corrected chi connectivity index (χ3v) is 4.00. The van der Waals surface area contributed by atoms with Gasteiger partial charge in [0.05, 0.1) is 11.1 Å². The summed E-state index contributed by atoms with van der Waals surface area (Å²) in [5.74, 6) is -0.250. The van der Waals surface area contributed by atoms with Crippen molar-refractivity contribution in [1.82, 2.24) is 4.98 Å². The van der Waals surface area contributed by atoms with Crippen molar-refractivity contribution >= 4 is 17.1 Å². The molecular formula is C20H18N2O4. The summed E-state index contributed by atoms with van der Waals surface area (Å²) in [5, 5.41) is 18.3. The van der Waals surface area contributed by atoms with Crippen LogP contribution in [-0.2, 0) is 12.0 Å². The Bertz CT molecular complexity index is 1020. The Morgan fingerprint density at radius 2 is 2.04 bits per heavy atom. The van der Waals surface area contributed by atoms with Gasteiger partial charge in [0, 0.05) is 0 Å². The molecule has 6 heteroatoms. The first-order chi connectivity index (χ1) is 12.3. The van der Waals surface area contributed by atoms with Crippen LogP contribution in [0.1, 0.15) is 48.1 Å². The van der Waals surface area contributed by atoms with Gasteiger partial charge in [-0.05, 0) is 41.3 Å². The number of ether oxygens (including phenoxy) is 1. The van der Waals surface area contributed by atoms with Crippen LogP contribution in [0.15, 0.2) is 40.8 Å². The molecule has 3 rings (SSSR count). The zero-order valence-electron chi connectivity index (χ0n) is 14.7. The highest BCUT2D eigenvalue weighted by molar-refractivity contribution is 5.91. The predicted molar refractivity (Wildman–Crippen MR) is 95.2 cm³/mol. The van der Waals surface area contributed by atoms with Gasteiger partial charge in [-0.15, -0.1) is 0 Å². The Hall–Kier alpha value is -3.33. The van der Waals surface area contributed by atoms with Crippen molar-refractivity contribution in [2.75, 3.05) is 0 Å². The van der Waals surface area contributed by atoms with Gasteiger partial charge < -0.3 is 14.3 Å². The third kappa shape index (κ3) is 3.52. The van der Waals surface area contributed by atoms with Crippen molar-refractivity contribution in [3.8, 4) is 11.8 Å². The second-order valence-electron chi connectivity index (χ2n) is 6.96. The maximum atomic E-state index is 11.0. The fraction of sp³-hybridized carbons (Fsp3) is 0.250. The smallest absolute Gasteiger partial charge is 0.335 e. The van der Waals surface area contributed by atoms with Crippen LogP contribution in [0.2, 0.25) is 0 Å². The van der Waals surface area contributed by atoms with Crippen molar-refractivity contribution in [2.24, 2.45) is 0 Å². The van der Waals surface area contributed by atoms with E-state index in [1.165, 1.54) is 12.1 Å². The molecule has 0 saturated carbocycles. The molecule has 0 aliphatic heterocycles. The van der Waals surface area contributed by atoms with Crippen LogP contribution in [0.25, 0.3) is 11.1 Å². The molecule has 0 aliphatic carbocycles. The van der Waals surface area contributed by atoms with Crippen LogP contribution >= 0.6 is 0 Å². The summed E-state index contributed by atoms with van der Waals surface area (Å²) in [6.45, 7) is 6.29. The van der Waals surface area contributed by atoms with Crippen LogP contribution < -0.4 is 4.74 Å². The normalized spacial score (nSPS) is 11.3. The second-order valence-corrected chi connectivity index (χ2v) is 6.96. The molecule has 0 amide bonds. The average molecular weight is 350 g/mol. The highest BCUT2D eigenvalue weighted by Gasteiger charge is 2.17. The van der Waals surface area contributed by atoms with Crippen molar-refractivity contribution in [1.29, 1.82) is 5.26 Å². The zero-order chi connectivity index (χ0) is 18.9. The maximum Gasteiger partial charge on any atom is 0.335 e. The van der Waals surface area contributed by atoms with Gasteiger partial charge in [-0.25, -0.2) is 9.78 Å². The molecule has 0 fully saturated rings. The largest absolute Gasteiger partial charge is 0.482 e. The van der Waals surface area contributed by atoms with Gasteiger partial charge in [0.1, 0.15) is 17.3 Å². The number of nitriles is 1. The van der Waals surface area contributed by atoms with Gasteiger partial charge in [0.2, 0.25) is 5.89 Å². The monoisotopic (exact) mass is 350 g/mol. The van der Waals surface area contributed by atoms with Gasteiger partial charge in [-0.3, -0.25) is 0 Å². The standard InChI is InChI=1S/C20H18N2O4/c1-20(2,3)14-6-4-13(10-21)16(9-14)25-11-18-22-15-7-5-12(19(23)24)8-17(15)26-18/h4-9H,11H2,1-3H3,(H,23,24). The van der Waals surface area contributed by atoms with Gasteiger partial charge in [0.25, 0.3) is 0 Å².